The van der Waals surface area contributed by atoms with Gasteiger partial charge in [0.1, 0.15) is 5.82 Å². The van der Waals surface area contributed by atoms with E-state index in [0.29, 0.717) is 0 Å². The van der Waals surface area contributed by atoms with E-state index in [0.717, 1.165) is 36.6 Å². The highest BCUT2D eigenvalue weighted by Gasteiger charge is 2.37. The number of unbranched alkanes of at least 4 members (excludes halogenated alkanes) is 4. The smallest absolute Gasteiger partial charge is 0.128 e. The SMILES string of the molecule is CCCCCCCc1ncc(C2(C#N)CCC(CCC)CC2)cn1. The third-order valence-electron chi connectivity index (χ3n) is 5.63. The first-order valence-electron chi connectivity index (χ1n) is 9.96. The molecule has 3 heteroatoms. The maximum Gasteiger partial charge on any atom is 0.128 e. The highest BCUT2D eigenvalue weighted by molar-refractivity contribution is 5.29. The van der Waals surface area contributed by atoms with Gasteiger partial charge in [0.15, 0.2) is 0 Å². The van der Waals surface area contributed by atoms with Crippen molar-refractivity contribution in [3.63, 3.8) is 0 Å². The highest BCUT2D eigenvalue weighted by atomic mass is 14.9. The van der Waals surface area contributed by atoms with Gasteiger partial charge in [0.05, 0.1) is 11.5 Å². The maximum atomic E-state index is 9.80. The molecule has 2 rings (SSSR count). The summed E-state index contributed by atoms with van der Waals surface area (Å²) in [4.78, 5) is 9.12. The summed E-state index contributed by atoms with van der Waals surface area (Å²) in [5, 5.41) is 9.80. The van der Waals surface area contributed by atoms with Gasteiger partial charge < -0.3 is 0 Å². The van der Waals surface area contributed by atoms with Gasteiger partial charge in [-0.1, -0.05) is 52.4 Å². The lowest BCUT2D eigenvalue weighted by Crippen LogP contribution is -2.30. The largest absolute Gasteiger partial charge is 0.241 e. The molecule has 0 radical (unpaired) electrons. The predicted molar refractivity (Wildman–Crippen MR) is 98.7 cm³/mol. The van der Waals surface area contributed by atoms with Crippen LogP contribution in [0.4, 0.5) is 0 Å². The molecule has 0 aliphatic heterocycles. The van der Waals surface area contributed by atoms with Gasteiger partial charge in [0.25, 0.3) is 0 Å². The molecule has 1 saturated carbocycles. The minimum atomic E-state index is -0.343. The fourth-order valence-corrected chi connectivity index (χ4v) is 3.95. The van der Waals surface area contributed by atoms with Crippen LogP contribution in [0.15, 0.2) is 12.4 Å². The molecule has 1 aromatic rings. The number of rotatable bonds is 9. The van der Waals surface area contributed by atoms with Crippen LogP contribution in [0.25, 0.3) is 0 Å². The van der Waals surface area contributed by atoms with E-state index in [1.165, 1.54) is 57.8 Å². The molecule has 0 spiro atoms. The van der Waals surface area contributed by atoms with Crippen molar-refractivity contribution in [2.75, 3.05) is 0 Å². The molecule has 1 heterocycles. The third kappa shape index (κ3) is 5.03. The van der Waals surface area contributed by atoms with Crippen molar-refractivity contribution >= 4 is 0 Å². The van der Waals surface area contributed by atoms with Gasteiger partial charge in [-0.25, -0.2) is 9.97 Å². The van der Waals surface area contributed by atoms with Gasteiger partial charge in [0.2, 0.25) is 0 Å². The Kier molecular flexibility index (Phi) is 7.69. The van der Waals surface area contributed by atoms with E-state index in [1.54, 1.807) is 0 Å². The van der Waals surface area contributed by atoms with Crippen molar-refractivity contribution in [3.8, 4) is 6.07 Å². The van der Waals surface area contributed by atoms with Crippen LogP contribution < -0.4 is 0 Å². The Morgan fingerprint density at radius 2 is 1.71 bits per heavy atom. The third-order valence-corrected chi connectivity index (χ3v) is 5.63. The lowest BCUT2D eigenvalue weighted by atomic mass is 9.67. The average molecular weight is 328 g/mol. The number of aryl methyl sites for hydroxylation is 1. The fourth-order valence-electron chi connectivity index (χ4n) is 3.95. The molecule has 132 valence electrons. The van der Waals surface area contributed by atoms with E-state index in [4.69, 9.17) is 0 Å². The number of nitriles is 1. The molecule has 0 amide bonds. The number of hydrogen-bond acceptors (Lipinski definition) is 3. The fraction of sp³-hybridized carbons (Fsp3) is 0.762. The normalized spacial score (nSPS) is 23.8. The van der Waals surface area contributed by atoms with Crippen LogP contribution in [0.2, 0.25) is 0 Å². The van der Waals surface area contributed by atoms with Crippen molar-refractivity contribution in [1.82, 2.24) is 9.97 Å². The molecule has 0 saturated heterocycles. The van der Waals surface area contributed by atoms with Gasteiger partial charge >= 0.3 is 0 Å². The van der Waals surface area contributed by atoms with E-state index < -0.39 is 0 Å². The summed E-state index contributed by atoms with van der Waals surface area (Å²) < 4.78 is 0. The first kappa shape index (κ1) is 18.9. The zero-order chi connectivity index (χ0) is 17.3. The first-order valence-corrected chi connectivity index (χ1v) is 9.96. The first-order chi connectivity index (χ1) is 11.7. The second kappa shape index (κ2) is 9.77. The number of hydrogen-bond donors (Lipinski definition) is 0. The molecular formula is C21H33N3. The molecule has 1 aromatic heterocycles. The molecule has 1 aliphatic rings. The van der Waals surface area contributed by atoms with Crippen molar-refractivity contribution in [2.45, 2.75) is 96.3 Å². The van der Waals surface area contributed by atoms with Gasteiger partial charge in [-0.05, 0) is 38.0 Å². The predicted octanol–water partition coefficient (Wildman–Crippen LogP) is 5.74. The minimum absolute atomic E-state index is 0.343. The Labute approximate surface area is 147 Å². The topological polar surface area (TPSA) is 49.6 Å². The molecule has 24 heavy (non-hydrogen) atoms. The molecule has 0 atom stereocenters. The zero-order valence-corrected chi connectivity index (χ0v) is 15.6. The summed E-state index contributed by atoms with van der Waals surface area (Å²) in [5.74, 6) is 1.74. The summed E-state index contributed by atoms with van der Waals surface area (Å²) in [6, 6.07) is 2.60. The second-order valence-corrected chi connectivity index (χ2v) is 7.48. The van der Waals surface area contributed by atoms with Crippen molar-refractivity contribution < 1.29 is 0 Å². The molecule has 1 fully saturated rings. The molecule has 0 unspecified atom stereocenters. The quantitative estimate of drug-likeness (QED) is 0.543. The molecule has 1 aliphatic carbocycles. The van der Waals surface area contributed by atoms with E-state index in [2.05, 4.69) is 29.9 Å². The van der Waals surface area contributed by atoms with Gasteiger partial charge in [-0.3, -0.25) is 0 Å². The highest BCUT2D eigenvalue weighted by Crippen LogP contribution is 2.42. The minimum Gasteiger partial charge on any atom is -0.241 e. The van der Waals surface area contributed by atoms with Crippen molar-refractivity contribution in [1.29, 1.82) is 5.26 Å². The summed E-state index contributed by atoms with van der Waals surface area (Å²) in [5.41, 5.74) is 0.693. The van der Waals surface area contributed by atoms with Crippen LogP contribution in [0.1, 0.15) is 95.9 Å². The lowest BCUT2D eigenvalue weighted by molar-refractivity contribution is 0.264. The summed E-state index contributed by atoms with van der Waals surface area (Å²) >= 11 is 0. The summed E-state index contributed by atoms with van der Waals surface area (Å²) in [6.07, 6.45) is 18.0. The zero-order valence-electron chi connectivity index (χ0n) is 15.6. The maximum absolute atomic E-state index is 9.80. The van der Waals surface area contributed by atoms with Crippen LogP contribution in [-0.4, -0.2) is 9.97 Å². The molecule has 0 bridgehead atoms. The second-order valence-electron chi connectivity index (χ2n) is 7.48. The van der Waals surface area contributed by atoms with E-state index in [9.17, 15) is 5.26 Å². The molecule has 3 nitrogen and oxygen atoms in total. The van der Waals surface area contributed by atoms with Gasteiger partial charge in [-0.2, -0.15) is 5.26 Å². The Morgan fingerprint density at radius 1 is 1.04 bits per heavy atom. The Hall–Kier alpha value is -1.43. The van der Waals surface area contributed by atoms with E-state index >= 15 is 0 Å². The Bertz CT molecular complexity index is 507. The Morgan fingerprint density at radius 3 is 2.29 bits per heavy atom. The van der Waals surface area contributed by atoms with E-state index in [1.807, 2.05) is 12.4 Å². The average Bonchev–Trinajstić information content (AvgIpc) is 2.63. The van der Waals surface area contributed by atoms with Crippen LogP contribution in [0.3, 0.4) is 0 Å². The summed E-state index contributed by atoms with van der Waals surface area (Å²) in [7, 11) is 0. The van der Waals surface area contributed by atoms with Crippen LogP contribution in [0.5, 0.6) is 0 Å². The Balaban J connectivity index is 1.90. The number of nitrogens with zero attached hydrogens (tertiary/aromatic N) is 3. The van der Waals surface area contributed by atoms with Gasteiger partial charge in [-0.15, -0.1) is 0 Å². The van der Waals surface area contributed by atoms with E-state index in [-0.39, 0.29) is 5.41 Å². The van der Waals surface area contributed by atoms with Crippen molar-refractivity contribution in [2.24, 2.45) is 5.92 Å². The number of aromatic nitrogens is 2. The van der Waals surface area contributed by atoms with Crippen LogP contribution in [0, 0.1) is 17.2 Å². The lowest BCUT2D eigenvalue weighted by Gasteiger charge is -2.34. The standard InChI is InChI=1S/C21H33N3/c1-3-5-6-7-8-10-20-23-15-19(16-24-20)21(17-22)13-11-18(9-4-2)12-14-21/h15-16,18H,3-14H2,1-2H3. The summed E-state index contributed by atoms with van der Waals surface area (Å²) in [6.45, 7) is 4.49. The monoisotopic (exact) mass is 327 g/mol. The van der Waals surface area contributed by atoms with Crippen LogP contribution >= 0.6 is 0 Å². The molecule has 0 N–H and O–H groups in total. The molecule has 0 aromatic carbocycles. The van der Waals surface area contributed by atoms with Gasteiger partial charge in [0, 0.05) is 24.4 Å². The van der Waals surface area contributed by atoms with Crippen molar-refractivity contribution in [3.05, 3.63) is 23.8 Å². The molecular weight excluding hydrogens is 294 g/mol. The van der Waals surface area contributed by atoms with Crippen LogP contribution in [-0.2, 0) is 11.8 Å².